The summed E-state index contributed by atoms with van der Waals surface area (Å²) < 4.78 is 10.8. The summed E-state index contributed by atoms with van der Waals surface area (Å²) in [4.78, 5) is 41.3. The highest BCUT2D eigenvalue weighted by Crippen LogP contribution is 2.38. The molecule has 30 heavy (non-hydrogen) atoms. The van der Waals surface area contributed by atoms with Crippen LogP contribution in [-0.2, 0) is 9.53 Å². The van der Waals surface area contributed by atoms with Gasteiger partial charge in [-0.1, -0.05) is 11.2 Å². The second-order valence-electron chi connectivity index (χ2n) is 8.14. The highest BCUT2D eigenvalue weighted by Gasteiger charge is 2.34. The van der Waals surface area contributed by atoms with Gasteiger partial charge in [0.15, 0.2) is 5.76 Å². The van der Waals surface area contributed by atoms with Gasteiger partial charge in [-0.2, -0.15) is 4.99 Å². The number of hydrogen-bond donors (Lipinski definition) is 2. The number of amidine groups is 1. The van der Waals surface area contributed by atoms with Gasteiger partial charge in [-0.15, -0.1) is 0 Å². The Morgan fingerprint density at radius 3 is 2.63 bits per heavy atom. The van der Waals surface area contributed by atoms with Crippen LogP contribution in [0.2, 0.25) is 0 Å². The number of nitrogens with zero attached hydrogens (tertiary/aromatic N) is 2. The van der Waals surface area contributed by atoms with Gasteiger partial charge in [0.25, 0.3) is 11.8 Å². The minimum Gasteiger partial charge on any atom is -0.460 e. The average molecular weight is 412 g/mol. The van der Waals surface area contributed by atoms with E-state index in [1.165, 1.54) is 13.0 Å². The Balaban J connectivity index is 2.03. The normalized spacial score (nSPS) is 16.2. The van der Waals surface area contributed by atoms with Crippen LogP contribution < -0.4 is 11.1 Å². The molecule has 1 atom stereocenters. The maximum absolute atomic E-state index is 13.0. The van der Waals surface area contributed by atoms with Crippen molar-refractivity contribution in [1.29, 1.82) is 0 Å². The molecule has 0 unspecified atom stereocenters. The zero-order valence-electron chi connectivity index (χ0n) is 17.5. The minimum absolute atomic E-state index is 0.119. The molecule has 1 aromatic heterocycles. The predicted octanol–water partition coefficient (Wildman–Crippen LogP) is 2.68. The Morgan fingerprint density at radius 2 is 2.00 bits per heavy atom. The van der Waals surface area contributed by atoms with E-state index in [9.17, 15) is 14.4 Å². The SMILES string of the molecule is CC(N)=NC(=O)c1ccc2c(c1)C(=O)N[C@@H](CC(=O)OC(C)(C)C)c1onc(C)c1-2. The summed E-state index contributed by atoms with van der Waals surface area (Å²) in [6, 6.07) is 3.89. The number of esters is 1. The lowest BCUT2D eigenvalue weighted by Crippen LogP contribution is -2.31. The van der Waals surface area contributed by atoms with Crippen LogP contribution >= 0.6 is 0 Å². The maximum atomic E-state index is 13.0. The van der Waals surface area contributed by atoms with Crippen molar-refractivity contribution < 1.29 is 23.6 Å². The average Bonchev–Trinajstić information content (AvgIpc) is 2.94. The number of benzene rings is 1. The Bertz CT molecular complexity index is 1060. The quantitative estimate of drug-likeness (QED) is 0.449. The number of hydrogen-bond acceptors (Lipinski definition) is 6. The zero-order chi connectivity index (χ0) is 22.2. The van der Waals surface area contributed by atoms with Crippen molar-refractivity contribution in [3.05, 3.63) is 40.8 Å². The Kier molecular flexibility index (Phi) is 5.47. The van der Waals surface area contributed by atoms with Crippen LogP contribution in [0.3, 0.4) is 0 Å². The van der Waals surface area contributed by atoms with E-state index < -0.39 is 29.4 Å². The molecule has 9 nitrogen and oxygen atoms in total. The van der Waals surface area contributed by atoms with E-state index in [0.717, 1.165) is 0 Å². The number of carbonyl (C=O) groups is 3. The molecule has 3 N–H and O–H groups in total. The van der Waals surface area contributed by atoms with Gasteiger partial charge in [-0.05, 0) is 52.3 Å². The summed E-state index contributed by atoms with van der Waals surface area (Å²) in [7, 11) is 0. The van der Waals surface area contributed by atoms with Crippen LogP contribution in [0.25, 0.3) is 11.1 Å². The predicted molar refractivity (Wildman–Crippen MR) is 109 cm³/mol. The Hall–Kier alpha value is -3.49. The van der Waals surface area contributed by atoms with Gasteiger partial charge >= 0.3 is 5.97 Å². The number of fused-ring (bicyclic) bond motifs is 3. The minimum atomic E-state index is -0.764. The Morgan fingerprint density at radius 1 is 1.30 bits per heavy atom. The molecule has 0 spiro atoms. The molecule has 9 heteroatoms. The molecule has 2 aromatic rings. The van der Waals surface area contributed by atoms with Gasteiger partial charge in [0.2, 0.25) is 0 Å². The molecule has 0 saturated carbocycles. The second-order valence-corrected chi connectivity index (χ2v) is 8.14. The molecular formula is C21H24N4O5. The van der Waals surface area contributed by atoms with Crippen LogP contribution in [0, 0.1) is 6.92 Å². The number of ether oxygens (including phenoxy) is 1. The van der Waals surface area contributed by atoms with Crippen molar-refractivity contribution in [3.63, 3.8) is 0 Å². The van der Waals surface area contributed by atoms with E-state index in [4.69, 9.17) is 15.0 Å². The number of amides is 2. The summed E-state index contributed by atoms with van der Waals surface area (Å²) in [5.41, 5.74) is 7.02. The first kappa shape index (κ1) is 21.2. The van der Waals surface area contributed by atoms with Gasteiger partial charge in [0.1, 0.15) is 17.5 Å². The highest BCUT2D eigenvalue weighted by molar-refractivity contribution is 6.07. The first-order chi connectivity index (χ1) is 14.0. The van der Waals surface area contributed by atoms with Gasteiger partial charge in [0.05, 0.1) is 17.7 Å². The molecule has 0 radical (unpaired) electrons. The lowest BCUT2D eigenvalue weighted by atomic mass is 9.95. The van der Waals surface area contributed by atoms with E-state index in [1.807, 2.05) is 0 Å². The molecule has 0 saturated heterocycles. The summed E-state index contributed by atoms with van der Waals surface area (Å²) >= 11 is 0. The third-order valence-corrected chi connectivity index (χ3v) is 4.36. The Labute approximate surface area is 173 Å². The number of rotatable bonds is 3. The number of nitrogens with two attached hydrogens (primary N) is 1. The zero-order valence-corrected chi connectivity index (χ0v) is 17.5. The molecule has 0 aliphatic carbocycles. The first-order valence-corrected chi connectivity index (χ1v) is 9.44. The molecule has 1 aliphatic rings. The van der Waals surface area contributed by atoms with Gasteiger partial charge in [-0.25, -0.2) is 0 Å². The summed E-state index contributed by atoms with van der Waals surface area (Å²) in [5.74, 6) is -1.01. The fourth-order valence-corrected chi connectivity index (χ4v) is 3.26. The fraction of sp³-hybridized carbons (Fsp3) is 0.381. The largest absolute Gasteiger partial charge is 0.460 e. The standard InChI is InChI=1S/C21H24N4O5/c1-10-17-13-7-6-12(19(27)23-11(2)22)8-14(13)20(28)24-15(18(17)30-25-10)9-16(26)29-21(3,4)5/h6-8,15H,9H2,1-5H3,(H,24,28)(H2,22,23,27)/t15-/m0/s1. The summed E-state index contributed by atoms with van der Waals surface area (Å²) in [6.45, 7) is 8.54. The van der Waals surface area contributed by atoms with Crippen molar-refractivity contribution in [3.8, 4) is 11.1 Å². The van der Waals surface area contributed by atoms with E-state index in [2.05, 4.69) is 15.5 Å². The number of carbonyl (C=O) groups excluding carboxylic acids is 3. The molecular weight excluding hydrogens is 388 g/mol. The van der Waals surface area contributed by atoms with Crippen molar-refractivity contribution >= 4 is 23.6 Å². The summed E-state index contributed by atoms with van der Waals surface area (Å²) in [6.07, 6.45) is -0.124. The van der Waals surface area contributed by atoms with Crippen molar-refractivity contribution in [2.45, 2.75) is 52.7 Å². The highest BCUT2D eigenvalue weighted by atomic mass is 16.6. The molecule has 2 amide bonds. The molecule has 1 aliphatic heterocycles. The van der Waals surface area contributed by atoms with Gasteiger partial charge in [0, 0.05) is 11.1 Å². The van der Waals surface area contributed by atoms with Crippen LogP contribution in [0.15, 0.2) is 27.7 Å². The van der Waals surface area contributed by atoms with Crippen molar-refractivity contribution in [1.82, 2.24) is 10.5 Å². The molecule has 158 valence electrons. The lowest BCUT2D eigenvalue weighted by Gasteiger charge is -2.21. The first-order valence-electron chi connectivity index (χ1n) is 9.44. The number of aromatic nitrogens is 1. The van der Waals surface area contributed by atoms with Crippen molar-refractivity contribution in [2.75, 3.05) is 0 Å². The van der Waals surface area contributed by atoms with Crippen molar-refractivity contribution in [2.24, 2.45) is 10.7 Å². The maximum Gasteiger partial charge on any atom is 0.308 e. The molecule has 3 rings (SSSR count). The molecule has 0 fully saturated rings. The molecule has 1 aromatic carbocycles. The van der Waals surface area contributed by atoms with Crippen LogP contribution in [0.1, 0.15) is 72.3 Å². The van der Waals surface area contributed by atoms with E-state index in [0.29, 0.717) is 22.6 Å². The van der Waals surface area contributed by atoms with Gasteiger partial charge in [-0.3, -0.25) is 14.4 Å². The number of aryl methyl sites for hydroxylation is 1. The van der Waals surface area contributed by atoms with Crippen LogP contribution in [0.4, 0.5) is 0 Å². The van der Waals surface area contributed by atoms with Crippen LogP contribution in [0.5, 0.6) is 0 Å². The molecule has 2 heterocycles. The van der Waals surface area contributed by atoms with Crippen LogP contribution in [-0.4, -0.2) is 34.4 Å². The van der Waals surface area contributed by atoms with E-state index in [1.54, 1.807) is 39.8 Å². The third-order valence-electron chi connectivity index (χ3n) is 4.36. The smallest absolute Gasteiger partial charge is 0.308 e. The third kappa shape index (κ3) is 4.40. The second kappa shape index (κ2) is 7.74. The number of nitrogens with one attached hydrogen (secondary N) is 1. The summed E-state index contributed by atoms with van der Waals surface area (Å²) in [5, 5.41) is 6.79. The monoisotopic (exact) mass is 412 g/mol. The lowest BCUT2D eigenvalue weighted by molar-refractivity contribution is -0.155. The topological polar surface area (TPSA) is 137 Å². The van der Waals surface area contributed by atoms with E-state index >= 15 is 0 Å². The number of aliphatic imine (C=N–C) groups is 1. The molecule has 0 bridgehead atoms. The fourth-order valence-electron chi connectivity index (χ4n) is 3.26. The van der Waals surface area contributed by atoms with Gasteiger partial charge < -0.3 is 20.3 Å². The van der Waals surface area contributed by atoms with E-state index in [-0.39, 0.29) is 23.4 Å².